The molecule has 2 aromatic rings. The molecule has 0 bridgehead atoms. The van der Waals surface area contributed by atoms with E-state index in [1.54, 1.807) is 17.4 Å². The second kappa shape index (κ2) is 6.45. The summed E-state index contributed by atoms with van der Waals surface area (Å²) in [4.78, 5) is 28.5. The van der Waals surface area contributed by atoms with E-state index in [1.807, 2.05) is 12.3 Å². The van der Waals surface area contributed by atoms with E-state index in [2.05, 4.69) is 15.6 Å². The summed E-state index contributed by atoms with van der Waals surface area (Å²) in [5, 5.41) is 8.40. The van der Waals surface area contributed by atoms with Crippen LogP contribution >= 0.6 is 11.3 Å². The molecule has 0 saturated carbocycles. The van der Waals surface area contributed by atoms with E-state index in [0.717, 1.165) is 10.7 Å². The van der Waals surface area contributed by atoms with Crippen molar-refractivity contribution in [1.82, 2.24) is 10.3 Å². The number of fused-ring (bicyclic) bond motifs is 1. The standard InChI is InChI=1S/C16H16FN3O2S/c1-9-19-11(8-23-9)4-5-18-16(22)13-7-15(21)20-14-6-10(17)2-3-12(13)14/h2-3,6,8,13H,4-5,7H2,1H3,(H,18,22)(H,20,21)/t13-/m1/s1. The Bertz CT molecular complexity index is 760. The van der Waals surface area contributed by atoms with Gasteiger partial charge in [0.05, 0.1) is 16.6 Å². The molecular formula is C16H16FN3O2S. The molecule has 2 heterocycles. The summed E-state index contributed by atoms with van der Waals surface area (Å²) in [7, 11) is 0. The Kier molecular flexibility index (Phi) is 4.38. The normalized spacial score (nSPS) is 16.6. The molecule has 1 aliphatic heterocycles. The van der Waals surface area contributed by atoms with Crippen LogP contribution in [-0.4, -0.2) is 23.3 Å². The minimum absolute atomic E-state index is 0.0697. The van der Waals surface area contributed by atoms with Gasteiger partial charge >= 0.3 is 0 Å². The fourth-order valence-electron chi connectivity index (χ4n) is 2.63. The van der Waals surface area contributed by atoms with Crippen LogP contribution in [0.5, 0.6) is 0 Å². The first kappa shape index (κ1) is 15.6. The second-order valence-electron chi connectivity index (χ2n) is 5.44. The van der Waals surface area contributed by atoms with E-state index in [4.69, 9.17) is 0 Å². The van der Waals surface area contributed by atoms with Crippen molar-refractivity contribution in [3.05, 3.63) is 45.7 Å². The minimum atomic E-state index is -0.587. The van der Waals surface area contributed by atoms with E-state index in [9.17, 15) is 14.0 Å². The Hall–Kier alpha value is -2.28. The number of thiazole rings is 1. The molecule has 5 nitrogen and oxygen atoms in total. The molecule has 7 heteroatoms. The van der Waals surface area contributed by atoms with Crippen LogP contribution in [0.3, 0.4) is 0 Å². The quantitative estimate of drug-likeness (QED) is 0.902. The zero-order chi connectivity index (χ0) is 16.4. The maximum Gasteiger partial charge on any atom is 0.228 e. The van der Waals surface area contributed by atoms with Crippen molar-refractivity contribution in [3.8, 4) is 0 Å². The van der Waals surface area contributed by atoms with Gasteiger partial charge in [0.25, 0.3) is 0 Å². The molecule has 120 valence electrons. The molecule has 0 fully saturated rings. The van der Waals surface area contributed by atoms with Crippen LogP contribution in [-0.2, 0) is 16.0 Å². The molecule has 0 unspecified atom stereocenters. The van der Waals surface area contributed by atoms with Gasteiger partial charge in [0, 0.05) is 30.5 Å². The number of benzene rings is 1. The van der Waals surface area contributed by atoms with E-state index in [-0.39, 0.29) is 18.2 Å². The lowest BCUT2D eigenvalue weighted by Crippen LogP contribution is -2.36. The average Bonchev–Trinajstić information content (AvgIpc) is 2.91. The molecule has 0 spiro atoms. The maximum atomic E-state index is 13.3. The molecular weight excluding hydrogens is 317 g/mol. The Morgan fingerprint density at radius 2 is 2.35 bits per heavy atom. The lowest BCUT2D eigenvalue weighted by Gasteiger charge is -2.24. The minimum Gasteiger partial charge on any atom is -0.355 e. The van der Waals surface area contributed by atoms with Gasteiger partial charge in [-0.1, -0.05) is 6.07 Å². The summed E-state index contributed by atoms with van der Waals surface area (Å²) >= 11 is 1.57. The van der Waals surface area contributed by atoms with Crippen LogP contribution in [0.4, 0.5) is 10.1 Å². The van der Waals surface area contributed by atoms with Crippen LogP contribution < -0.4 is 10.6 Å². The van der Waals surface area contributed by atoms with Gasteiger partial charge in [-0.25, -0.2) is 9.37 Å². The zero-order valence-electron chi connectivity index (χ0n) is 12.6. The van der Waals surface area contributed by atoms with Gasteiger partial charge in [-0.15, -0.1) is 11.3 Å². The van der Waals surface area contributed by atoms with E-state index in [0.29, 0.717) is 24.2 Å². The number of carbonyl (C=O) groups excluding carboxylic acids is 2. The number of carbonyl (C=O) groups is 2. The Morgan fingerprint density at radius 3 is 3.09 bits per heavy atom. The summed E-state index contributed by atoms with van der Waals surface area (Å²) in [5.41, 5.74) is 1.96. The zero-order valence-corrected chi connectivity index (χ0v) is 13.4. The number of rotatable bonds is 4. The van der Waals surface area contributed by atoms with Crippen LogP contribution in [0.25, 0.3) is 0 Å². The molecule has 0 radical (unpaired) electrons. The van der Waals surface area contributed by atoms with Crippen molar-refractivity contribution < 1.29 is 14.0 Å². The van der Waals surface area contributed by atoms with Crippen LogP contribution in [0.15, 0.2) is 23.6 Å². The predicted octanol–water partition coefficient (Wildman–Crippen LogP) is 2.38. The first-order valence-corrected chi connectivity index (χ1v) is 8.19. The molecule has 1 aromatic carbocycles. The van der Waals surface area contributed by atoms with Gasteiger partial charge in [-0.3, -0.25) is 9.59 Å². The SMILES string of the molecule is Cc1nc(CCNC(=O)[C@@H]2CC(=O)Nc3cc(F)ccc32)cs1. The van der Waals surface area contributed by atoms with E-state index < -0.39 is 11.7 Å². The fraction of sp³-hybridized carbons (Fsp3) is 0.312. The summed E-state index contributed by atoms with van der Waals surface area (Å²) < 4.78 is 13.3. The number of hydrogen-bond acceptors (Lipinski definition) is 4. The fourth-order valence-corrected chi connectivity index (χ4v) is 3.28. The van der Waals surface area contributed by atoms with Gasteiger partial charge in [0.15, 0.2) is 0 Å². The molecule has 1 aliphatic rings. The van der Waals surface area contributed by atoms with E-state index in [1.165, 1.54) is 12.1 Å². The average molecular weight is 333 g/mol. The van der Waals surface area contributed by atoms with Crippen molar-refractivity contribution in [3.63, 3.8) is 0 Å². The third-order valence-corrected chi connectivity index (χ3v) is 4.54. The Balaban J connectivity index is 1.66. The number of anilines is 1. The topological polar surface area (TPSA) is 71.1 Å². The molecule has 0 aliphatic carbocycles. The number of hydrogen-bond donors (Lipinski definition) is 2. The second-order valence-corrected chi connectivity index (χ2v) is 6.50. The third kappa shape index (κ3) is 3.56. The smallest absolute Gasteiger partial charge is 0.228 e. The summed E-state index contributed by atoms with van der Waals surface area (Å²) in [6.45, 7) is 2.39. The van der Waals surface area contributed by atoms with Gasteiger partial charge in [0.2, 0.25) is 11.8 Å². The first-order chi connectivity index (χ1) is 11.0. The van der Waals surface area contributed by atoms with Gasteiger partial charge in [0.1, 0.15) is 5.82 Å². The number of nitrogens with one attached hydrogen (secondary N) is 2. The molecule has 2 amide bonds. The van der Waals surface area contributed by atoms with Crippen molar-refractivity contribution in [2.75, 3.05) is 11.9 Å². The molecule has 1 aromatic heterocycles. The Labute approximate surface area is 136 Å². The summed E-state index contributed by atoms with van der Waals surface area (Å²) in [6, 6.07) is 4.09. The largest absolute Gasteiger partial charge is 0.355 e. The highest BCUT2D eigenvalue weighted by molar-refractivity contribution is 7.09. The van der Waals surface area contributed by atoms with Crippen molar-refractivity contribution in [1.29, 1.82) is 0 Å². The Morgan fingerprint density at radius 1 is 1.52 bits per heavy atom. The van der Waals surface area contributed by atoms with Gasteiger partial charge in [-0.2, -0.15) is 0 Å². The van der Waals surface area contributed by atoms with Crippen molar-refractivity contribution in [2.45, 2.75) is 25.7 Å². The number of aromatic nitrogens is 1. The number of amides is 2. The van der Waals surface area contributed by atoms with Gasteiger partial charge < -0.3 is 10.6 Å². The van der Waals surface area contributed by atoms with Crippen molar-refractivity contribution in [2.24, 2.45) is 0 Å². The van der Waals surface area contributed by atoms with Crippen LogP contribution in [0.2, 0.25) is 0 Å². The summed E-state index contributed by atoms with van der Waals surface area (Å²) in [6.07, 6.45) is 0.714. The highest BCUT2D eigenvalue weighted by Crippen LogP contribution is 2.32. The first-order valence-electron chi connectivity index (χ1n) is 7.31. The van der Waals surface area contributed by atoms with Crippen LogP contribution in [0.1, 0.15) is 28.6 Å². The molecule has 1 atom stereocenters. The lowest BCUT2D eigenvalue weighted by atomic mass is 9.89. The predicted molar refractivity (Wildman–Crippen MR) is 86.0 cm³/mol. The monoisotopic (exact) mass is 333 g/mol. The highest BCUT2D eigenvalue weighted by Gasteiger charge is 2.30. The van der Waals surface area contributed by atoms with Crippen molar-refractivity contribution >= 4 is 28.8 Å². The summed E-state index contributed by atoms with van der Waals surface area (Å²) in [5.74, 6) is -1.53. The molecule has 0 saturated heterocycles. The van der Waals surface area contributed by atoms with E-state index >= 15 is 0 Å². The molecule has 3 rings (SSSR count). The number of halogens is 1. The maximum absolute atomic E-state index is 13.3. The molecule has 23 heavy (non-hydrogen) atoms. The number of aryl methyl sites for hydroxylation is 1. The third-order valence-electron chi connectivity index (χ3n) is 3.72. The molecule has 2 N–H and O–H groups in total. The lowest BCUT2D eigenvalue weighted by molar-refractivity contribution is -0.126. The van der Waals surface area contributed by atoms with Crippen LogP contribution in [0, 0.1) is 12.7 Å². The highest BCUT2D eigenvalue weighted by atomic mass is 32.1. The number of nitrogens with zero attached hydrogens (tertiary/aromatic N) is 1. The van der Waals surface area contributed by atoms with Gasteiger partial charge in [-0.05, 0) is 24.6 Å².